The zero-order valence-corrected chi connectivity index (χ0v) is 72.6. The molecule has 0 aromatic heterocycles. The Kier molecular flexibility index (Phi) is 30.3. The molecule has 0 radical (unpaired) electrons. The number of hydrogen-bond acceptors (Lipinski definition) is 17. The molecule has 8 aliphatic rings. The number of aliphatic hydroxyl groups is 2. The summed E-state index contributed by atoms with van der Waals surface area (Å²) in [5.41, 5.74) is 15.2. The maximum atomic E-state index is 14.6. The quantitative estimate of drug-likeness (QED) is 0.0868. The first-order chi connectivity index (χ1) is 54.8. The minimum absolute atomic E-state index is 0. The fraction of sp³-hybridized carbons (Fsp3) is 0.355. The molecule has 17 nitrogen and oxygen atoms in total. The van der Waals surface area contributed by atoms with Crippen molar-refractivity contribution in [2.24, 2.45) is 0 Å². The standard InChI is InChI=1S/C44H44ClFN2O6.C37H40N2O6.C7H5Cl2F.C4H9O.CH4.K/c1-47-15-13-29-21-31(24-49)39-23-33(29)36(47)18-26-5-9-32(10-6-26)53-40-20-27(8-12-38(40)50-3)19-37-42-30(14-16-48(37)2)22-41(51-4)43(44(42)54-39)52-25-28-7-11-34(45)35(46)17-28;1-38-13-11-24-18-26(21-40)32-20-28(24)29(38)15-22-5-8-27(9-6-22)44-33-17-23(7-10-31(33)42-3)16-30-35-25(12-14-39(30)2)19-34(43-4)36(41)37(35)45-32;8-4-5-1-2-6(9)7(10)3-5;1-4(2,3)5;;/h5-12,17,20-23,36-37,49H,13-16,18-19,24-25H2,1-4H3;5-10,17-20,29-30,40-41H,11-16,21H2,1-4H3;1-3H,4H2;1-3H3;1H4;/q;;;-1;;+1/t36-,37-;29-,30-;;;;/m00..../s1. The number of hydrogen-bond donors (Lipinski definition) is 3. The third kappa shape index (κ3) is 20.6. The zero-order valence-electron chi connectivity index (χ0n) is 67.2. The Morgan fingerprint density at radius 1 is 0.457 bits per heavy atom. The monoisotopic (exact) mass is 1660 g/mol. The van der Waals surface area contributed by atoms with Crippen molar-refractivity contribution in [1.29, 1.82) is 0 Å². The first-order valence-corrected chi connectivity index (χ1v) is 39.6. The number of nitrogens with zero attached hydrogens (tertiary/aromatic N) is 4. The number of fused-ring (bicyclic) bond motifs is 4. The molecule has 0 saturated carbocycles. The van der Waals surface area contributed by atoms with Gasteiger partial charge < -0.3 is 63.1 Å². The fourth-order valence-electron chi connectivity index (χ4n) is 15.8. The van der Waals surface area contributed by atoms with Gasteiger partial charge in [-0.2, -0.15) is 0 Å². The van der Waals surface area contributed by atoms with E-state index in [4.69, 9.17) is 77.4 Å². The van der Waals surface area contributed by atoms with E-state index in [0.29, 0.717) is 98.7 Å². The summed E-state index contributed by atoms with van der Waals surface area (Å²) in [6, 6.07) is 50.0. The molecule has 0 unspecified atom stereocenters. The predicted octanol–water partition coefficient (Wildman–Crippen LogP) is 16.4. The van der Waals surface area contributed by atoms with Crippen molar-refractivity contribution in [2.45, 2.75) is 135 Å². The summed E-state index contributed by atoms with van der Waals surface area (Å²) in [5.74, 6) is 6.65. The number of aliphatic hydroxyl groups excluding tert-OH is 2. The van der Waals surface area contributed by atoms with Crippen LogP contribution in [-0.4, -0.2) is 123 Å². The first-order valence-electron chi connectivity index (χ1n) is 38.3. The Morgan fingerprint density at radius 3 is 1.26 bits per heavy atom. The molecule has 10 aromatic rings. The summed E-state index contributed by atoms with van der Waals surface area (Å²) in [5, 5.41) is 43.2. The van der Waals surface area contributed by atoms with Gasteiger partial charge in [-0.3, -0.25) is 19.6 Å². The van der Waals surface area contributed by atoms with Gasteiger partial charge >= 0.3 is 51.4 Å². The molecule has 0 spiro atoms. The number of ether oxygens (including phenoxy) is 9. The van der Waals surface area contributed by atoms with E-state index in [9.17, 15) is 29.2 Å². The van der Waals surface area contributed by atoms with Gasteiger partial charge in [0.05, 0.1) is 51.7 Å². The van der Waals surface area contributed by atoms with Crippen LogP contribution in [0.2, 0.25) is 10.0 Å². The molecule has 18 rings (SSSR count). The van der Waals surface area contributed by atoms with E-state index in [1.165, 1.54) is 52.1 Å². The van der Waals surface area contributed by atoms with Gasteiger partial charge in [0, 0.05) is 78.5 Å². The maximum Gasteiger partial charge on any atom is 1.00 e. The van der Waals surface area contributed by atoms with E-state index in [0.717, 1.165) is 121 Å². The van der Waals surface area contributed by atoms with E-state index < -0.39 is 17.2 Å². The van der Waals surface area contributed by atoms with Crippen molar-refractivity contribution in [3.05, 3.63) is 268 Å². The van der Waals surface area contributed by atoms with Crippen molar-refractivity contribution in [1.82, 2.24) is 19.6 Å². The van der Waals surface area contributed by atoms with E-state index in [1.54, 1.807) is 61.3 Å². The molecule has 12 bridgehead atoms. The molecule has 3 N–H and O–H groups in total. The summed E-state index contributed by atoms with van der Waals surface area (Å²) in [6.45, 7) is 8.02. The second-order valence-electron chi connectivity index (χ2n) is 30.8. The normalized spacial score (nSPS) is 17.4. The topological polar surface area (TPSA) is 180 Å². The van der Waals surface area contributed by atoms with Crippen molar-refractivity contribution in [2.75, 3.05) is 82.8 Å². The molecule has 0 fully saturated rings. The summed E-state index contributed by atoms with van der Waals surface area (Å²) in [7, 11) is 15.0. The van der Waals surface area contributed by atoms with Crippen LogP contribution < -0.4 is 99.1 Å². The molecule has 116 heavy (non-hydrogen) atoms. The van der Waals surface area contributed by atoms with Gasteiger partial charge in [0.25, 0.3) is 0 Å². The second-order valence-corrected chi connectivity index (χ2v) is 31.9. The van der Waals surface area contributed by atoms with E-state index >= 15 is 0 Å². The Labute approximate surface area is 737 Å². The van der Waals surface area contributed by atoms with Gasteiger partial charge in [0.2, 0.25) is 11.5 Å². The van der Waals surface area contributed by atoms with Crippen molar-refractivity contribution >= 4 is 34.8 Å². The Hall–Kier alpha value is -7.71. The molecule has 10 aromatic carbocycles. The average Bonchev–Trinajstić information content (AvgIpc) is 0.754. The predicted molar refractivity (Wildman–Crippen MR) is 446 cm³/mol. The molecule has 4 atom stereocenters. The van der Waals surface area contributed by atoms with Gasteiger partial charge in [-0.15, -0.1) is 17.2 Å². The summed E-state index contributed by atoms with van der Waals surface area (Å²) in [6.07, 6.45) is 6.12. The van der Waals surface area contributed by atoms with Gasteiger partial charge in [-0.25, -0.2) is 8.78 Å². The number of aromatic hydroxyl groups is 1. The molecular formula is C93H102Cl3F2KN4O13. The van der Waals surface area contributed by atoms with Crippen LogP contribution in [0.15, 0.2) is 158 Å². The van der Waals surface area contributed by atoms with Gasteiger partial charge in [0.1, 0.15) is 41.2 Å². The van der Waals surface area contributed by atoms with Crippen LogP contribution in [0.5, 0.6) is 80.5 Å². The van der Waals surface area contributed by atoms with Crippen molar-refractivity contribution in [3.8, 4) is 80.5 Å². The molecule has 0 saturated heterocycles. The van der Waals surface area contributed by atoms with Crippen molar-refractivity contribution < 1.29 is 123 Å². The average molecular weight is 1670 g/mol. The third-order valence-electron chi connectivity index (χ3n) is 21.9. The molecule has 8 heterocycles. The van der Waals surface area contributed by atoms with E-state index in [-0.39, 0.29) is 119 Å². The van der Waals surface area contributed by atoms with E-state index in [2.05, 4.69) is 108 Å². The van der Waals surface area contributed by atoms with Crippen LogP contribution in [0.1, 0.15) is 141 Å². The minimum Gasteiger partial charge on any atom is -0.850 e. The first kappa shape index (κ1) is 89.1. The number of benzene rings is 10. The smallest absolute Gasteiger partial charge is 0.850 e. The third-order valence-corrected chi connectivity index (χ3v) is 22.9. The van der Waals surface area contributed by atoms with Gasteiger partial charge in [-0.05, 0) is 256 Å². The molecule has 0 amide bonds. The number of alkyl halides is 1. The fourth-order valence-corrected chi connectivity index (χ4v) is 16.2. The minimum atomic E-state index is -0.750. The number of methoxy groups -OCH3 is 4. The number of rotatable bonds is 10. The van der Waals surface area contributed by atoms with Crippen LogP contribution in [0, 0.1) is 11.6 Å². The van der Waals surface area contributed by atoms with Gasteiger partial charge in [-0.1, -0.05) is 99.9 Å². The Bertz CT molecular complexity index is 5110. The Morgan fingerprint density at radius 2 is 0.836 bits per heavy atom. The molecule has 608 valence electrons. The van der Waals surface area contributed by atoms with Crippen LogP contribution >= 0.6 is 34.8 Å². The summed E-state index contributed by atoms with van der Waals surface area (Å²) >= 11 is 16.9. The zero-order chi connectivity index (χ0) is 80.8. The summed E-state index contributed by atoms with van der Waals surface area (Å²) in [4.78, 5) is 9.38. The SMILES string of the molecule is C.CC(C)(C)[O-].COc1ccc2cc1Oc1ccc(cc1)C[C@H]1c3cc(c(CO)cc3CCN1C)Oc1c(O)c(OC)cc3c1[C@H](C2)N(C)CC3.COc1ccc2cc1Oc1ccc(cc1)C[C@H]1c3cc(c(CO)cc3CCN1C)Oc1c(OCc3ccc(Cl)c(F)c3)c(OC)cc3c1[C@H](C2)N(C)CC3.Fc1cc(CCl)ccc1Cl.[K+]. The second kappa shape index (κ2) is 39.4. The Balaban J connectivity index is 0.000000192. The molecule has 8 aliphatic heterocycles. The number of halogens is 5. The number of likely N-dealkylation sites (N-methyl/N-ethyl adjacent to an activating group) is 4. The van der Waals surface area contributed by atoms with Crippen molar-refractivity contribution in [3.63, 3.8) is 0 Å². The van der Waals surface area contributed by atoms with Crippen LogP contribution in [-0.2, 0) is 77.1 Å². The van der Waals surface area contributed by atoms with Crippen LogP contribution in [0.3, 0.4) is 0 Å². The van der Waals surface area contributed by atoms with Gasteiger partial charge in [0.15, 0.2) is 46.0 Å². The maximum absolute atomic E-state index is 14.6. The molecule has 0 aliphatic carbocycles. The summed E-state index contributed by atoms with van der Waals surface area (Å²) < 4.78 is 83.6. The molecular weight excluding hydrogens is 1560 g/mol. The molecule has 23 heteroatoms. The number of phenols is 1. The number of phenolic OH excluding ortho intramolecular Hbond substituents is 1. The largest absolute Gasteiger partial charge is 1.00 e. The van der Waals surface area contributed by atoms with Crippen LogP contribution in [0.4, 0.5) is 8.78 Å². The van der Waals surface area contributed by atoms with E-state index in [1.807, 2.05) is 60.7 Å². The van der Waals surface area contributed by atoms with Crippen LogP contribution in [0.25, 0.3) is 0 Å².